The average molecular weight is 169 g/mol. The molecule has 0 radical (unpaired) electrons. The molecule has 0 N–H and O–H groups in total. The van der Waals surface area contributed by atoms with E-state index in [0.29, 0.717) is 0 Å². The van der Waals surface area contributed by atoms with E-state index in [1.807, 2.05) is 24.3 Å². The first-order valence-corrected chi connectivity index (χ1v) is 4.44. The van der Waals surface area contributed by atoms with Gasteiger partial charge in [-0.05, 0) is 12.1 Å². The fourth-order valence-corrected chi connectivity index (χ4v) is 2.72. The zero-order valence-electron chi connectivity index (χ0n) is 5.02. The smallest absolute Gasteiger partial charge is 0.271 e. The minimum atomic E-state index is 0.763. The van der Waals surface area contributed by atoms with Gasteiger partial charge in [0.25, 0.3) is 8.35 Å². The normalized spacial score (nSPS) is 11.3. The quantitative estimate of drug-likeness (QED) is 0.555. The van der Waals surface area contributed by atoms with Gasteiger partial charge in [0.2, 0.25) is 0 Å². The van der Waals surface area contributed by atoms with Crippen LogP contribution in [0.25, 0.3) is 9.82 Å². The van der Waals surface area contributed by atoms with Crippen LogP contribution < -0.4 is 3.88 Å². The molecule has 50 valence electrons. The van der Waals surface area contributed by atoms with Gasteiger partial charge in [-0.1, -0.05) is 12.1 Å². The maximum atomic E-state index is 10.8. The number of rotatable bonds is 0. The Morgan fingerprint density at radius 3 is 3.00 bits per heavy atom. The molecule has 0 bridgehead atoms. The number of hydrogen-bond donors (Lipinski definition) is 0. The van der Waals surface area contributed by atoms with Gasteiger partial charge in [-0.3, -0.25) is 0 Å². The SMILES string of the molecule is [O-][n+]1pc2ccccc2s1. The number of fused-ring (bicyclic) bond motifs is 1. The van der Waals surface area contributed by atoms with Crippen LogP contribution in [0.1, 0.15) is 0 Å². The first-order valence-electron chi connectivity index (χ1n) is 2.82. The zero-order chi connectivity index (χ0) is 6.97. The van der Waals surface area contributed by atoms with Crippen LogP contribution in [-0.4, -0.2) is 0 Å². The summed E-state index contributed by atoms with van der Waals surface area (Å²) in [6.07, 6.45) is 0. The number of benzene rings is 1. The van der Waals surface area contributed by atoms with Crippen molar-refractivity contribution < 1.29 is 3.88 Å². The molecule has 10 heavy (non-hydrogen) atoms. The summed E-state index contributed by atoms with van der Waals surface area (Å²) in [5, 5.41) is 11.9. The van der Waals surface area contributed by atoms with E-state index < -0.39 is 0 Å². The van der Waals surface area contributed by atoms with Crippen LogP contribution in [0.15, 0.2) is 24.3 Å². The summed E-state index contributed by atoms with van der Waals surface area (Å²) < 4.78 is 2.05. The average Bonchev–Trinajstić information content (AvgIpc) is 2.27. The Labute approximate surface area is 63.6 Å². The van der Waals surface area contributed by atoms with E-state index in [4.69, 9.17) is 0 Å². The lowest BCUT2D eigenvalue weighted by molar-refractivity contribution is -0.449. The predicted molar refractivity (Wildman–Crippen MR) is 43.3 cm³/mol. The maximum absolute atomic E-state index is 10.8. The lowest BCUT2D eigenvalue weighted by atomic mass is 10.4. The number of aromatic nitrogens is 1. The molecule has 2 aromatic rings. The van der Waals surface area contributed by atoms with Gasteiger partial charge < -0.3 is 5.21 Å². The molecule has 1 heterocycles. The molecular weight excluding hydrogens is 165 g/mol. The Morgan fingerprint density at radius 1 is 1.40 bits per heavy atom. The Bertz CT molecular complexity index is 326. The van der Waals surface area contributed by atoms with Crippen molar-refractivity contribution in [3.8, 4) is 0 Å². The van der Waals surface area contributed by atoms with E-state index in [0.717, 1.165) is 22.1 Å². The third kappa shape index (κ3) is 0.926. The molecule has 0 spiro atoms. The summed E-state index contributed by atoms with van der Waals surface area (Å²) in [5.41, 5.74) is 0. The van der Waals surface area contributed by atoms with Crippen molar-refractivity contribution in [2.75, 3.05) is 0 Å². The highest BCUT2D eigenvalue weighted by Gasteiger charge is 2.01. The second-order valence-electron chi connectivity index (χ2n) is 1.90. The Kier molecular flexibility index (Phi) is 1.42. The van der Waals surface area contributed by atoms with E-state index in [-0.39, 0.29) is 0 Å². The third-order valence-corrected chi connectivity index (χ3v) is 3.35. The largest absolute Gasteiger partial charge is 0.533 e. The second-order valence-corrected chi connectivity index (χ2v) is 4.17. The topological polar surface area (TPSA) is 26.9 Å². The summed E-state index contributed by atoms with van der Waals surface area (Å²) in [6, 6.07) is 7.83. The minimum absolute atomic E-state index is 0.763. The molecule has 0 aliphatic carbocycles. The standard InChI is InChI=1S/C6H4NOPS/c8-7-9-5-3-1-2-4-6(5)10-7/h1-4H. The summed E-state index contributed by atoms with van der Waals surface area (Å²) >= 11 is 1.26. The van der Waals surface area contributed by atoms with E-state index in [1.165, 1.54) is 11.5 Å². The van der Waals surface area contributed by atoms with Crippen molar-refractivity contribution in [2.45, 2.75) is 0 Å². The Hall–Kier alpha value is -0.500. The molecule has 0 unspecified atom stereocenters. The van der Waals surface area contributed by atoms with E-state index in [2.05, 4.69) is 0 Å². The maximum Gasteiger partial charge on any atom is 0.271 e. The molecule has 2 nitrogen and oxygen atoms in total. The number of nitrogens with zero attached hydrogens (tertiary/aromatic N) is 1. The molecule has 2 rings (SSSR count). The zero-order valence-corrected chi connectivity index (χ0v) is 6.73. The van der Waals surface area contributed by atoms with Gasteiger partial charge in [0.15, 0.2) is 0 Å². The summed E-state index contributed by atoms with van der Waals surface area (Å²) in [5.74, 6) is 0. The van der Waals surface area contributed by atoms with Gasteiger partial charge in [-0.25, -0.2) is 0 Å². The van der Waals surface area contributed by atoms with Crippen molar-refractivity contribution in [3.63, 3.8) is 0 Å². The van der Waals surface area contributed by atoms with Crippen molar-refractivity contribution in [1.82, 2.24) is 0 Å². The van der Waals surface area contributed by atoms with Gasteiger partial charge >= 0.3 is 0 Å². The van der Waals surface area contributed by atoms with Crippen molar-refractivity contribution in [1.29, 1.82) is 0 Å². The van der Waals surface area contributed by atoms with Crippen LogP contribution in [0.4, 0.5) is 0 Å². The molecular formula is C6H4NOPS. The molecule has 4 heteroatoms. The first-order chi connectivity index (χ1) is 4.86. The molecule has 0 aliphatic rings. The lowest BCUT2D eigenvalue weighted by Crippen LogP contribution is -2.10. The molecule has 0 saturated heterocycles. The monoisotopic (exact) mass is 169 g/mol. The van der Waals surface area contributed by atoms with Gasteiger partial charge in [-0.15, -0.1) is 3.88 Å². The van der Waals surface area contributed by atoms with Crippen molar-refractivity contribution in [3.05, 3.63) is 29.5 Å². The highest BCUT2D eigenvalue weighted by molar-refractivity contribution is 7.36. The van der Waals surface area contributed by atoms with Crippen LogP contribution >= 0.6 is 19.9 Å². The summed E-state index contributed by atoms with van der Waals surface area (Å²) in [6.45, 7) is 0. The molecule has 1 aromatic heterocycles. The van der Waals surface area contributed by atoms with Crippen LogP contribution in [0.3, 0.4) is 0 Å². The number of hydrogen-bond acceptors (Lipinski definition) is 2. The highest BCUT2D eigenvalue weighted by Crippen LogP contribution is 2.22. The van der Waals surface area contributed by atoms with Crippen LogP contribution in [-0.2, 0) is 0 Å². The van der Waals surface area contributed by atoms with E-state index in [9.17, 15) is 5.21 Å². The first kappa shape index (κ1) is 6.23. The van der Waals surface area contributed by atoms with E-state index >= 15 is 0 Å². The Balaban J connectivity index is 2.88. The van der Waals surface area contributed by atoms with Gasteiger partial charge in [0, 0.05) is 0 Å². The van der Waals surface area contributed by atoms with Crippen LogP contribution in [0, 0.1) is 5.21 Å². The van der Waals surface area contributed by atoms with Crippen molar-refractivity contribution in [2.24, 2.45) is 0 Å². The molecule has 0 amide bonds. The molecule has 0 fully saturated rings. The molecule has 0 atom stereocenters. The third-order valence-electron chi connectivity index (χ3n) is 1.23. The van der Waals surface area contributed by atoms with E-state index in [1.54, 1.807) is 0 Å². The molecule has 0 saturated carbocycles. The second kappa shape index (κ2) is 2.27. The lowest BCUT2D eigenvalue weighted by Gasteiger charge is -1.76. The molecule has 1 aromatic carbocycles. The Morgan fingerprint density at radius 2 is 2.20 bits per heavy atom. The van der Waals surface area contributed by atoms with Crippen LogP contribution in [0.5, 0.6) is 0 Å². The fourth-order valence-electron chi connectivity index (χ4n) is 0.809. The predicted octanol–water partition coefficient (Wildman–Crippen LogP) is 2.11. The summed E-state index contributed by atoms with van der Waals surface area (Å²) in [4.78, 5) is 0. The van der Waals surface area contributed by atoms with Gasteiger partial charge in [0.1, 0.15) is 16.2 Å². The highest BCUT2D eigenvalue weighted by atomic mass is 32.1. The van der Waals surface area contributed by atoms with Gasteiger partial charge in [-0.2, -0.15) is 0 Å². The fraction of sp³-hybridized carbons (Fsp3) is 0. The molecule has 0 aliphatic heterocycles. The van der Waals surface area contributed by atoms with Crippen LogP contribution in [0.2, 0.25) is 0 Å². The minimum Gasteiger partial charge on any atom is -0.533 e. The van der Waals surface area contributed by atoms with Gasteiger partial charge in [0.05, 0.1) is 5.12 Å². The van der Waals surface area contributed by atoms with Crippen molar-refractivity contribution >= 4 is 29.7 Å². The summed E-state index contributed by atoms with van der Waals surface area (Å²) in [7, 11) is 0.763.